The van der Waals surface area contributed by atoms with E-state index in [0.29, 0.717) is 13.1 Å². The van der Waals surface area contributed by atoms with E-state index in [0.717, 1.165) is 22.4 Å². The Balaban J connectivity index is 1.84. The highest BCUT2D eigenvalue weighted by molar-refractivity contribution is 5.30. The molecule has 1 atom stereocenters. The zero-order chi connectivity index (χ0) is 15.1. The van der Waals surface area contributed by atoms with Crippen molar-refractivity contribution in [2.45, 2.75) is 19.3 Å². The zero-order valence-corrected chi connectivity index (χ0v) is 12.1. The molecule has 0 saturated heterocycles. The van der Waals surface area contributed by atoms with E-state index in [2.05, 4.69) is 5.32 Å². The lowest BCUT2D eigenvalue weighted by Crippen LogP contribution is -2.21. The molecule has 2 rings (SSSR count). The Morgan fingerprint density at radius 3 is 2.48 bits per heavy atom. The third kappa shape index (κ3) is 4.56. The molecule has 0 aliphatic rings. The van der Waals surface area contributed by atoms with Crippen LogP contribution in [0.2, 0.25) is 0 Å². The van der Waals surface area contributed by atoms with Gasteiger partial charge in [-0.25, -0.2) is 0 Å². The van der Waals surface area contributed by atoms with Crippen LogP contribution in [0.15, 0.2) is 48.5 Å². The van der Waals surface area contributed by atoms with Crippen LogP contribution < -0.4 is 10.1 Å². The average molecular weight is 287 g/mol. The molecule has 1 unspecified atom stereocenters. The van der Waals surface area contributed by atoms with Gasteiger partial charge in [-0.2, -0.15) is 0 Å². The Hall–Kier alpha value is -1.88. The molecule has 0 amide bonds. The van der Waals surface area contributed by atoms with Gasteiger partial charge in [0.15, 0.2) is 0 Å². The molecule has 3 N–H and O–H groups in total. The zero-order valence-electron chi connectivity index (χ0n) is 12.1. The summed E-state index contributed by atoms with van der Waals surface area (Å²) in [6.07, 6.45) is -0.572. The van der Waals surface area contributed by atoms with Crippen LogP contribution in [-0.2, 0) is 13.2 Å². The predicted octanol–water partition coefficient (Wildman–Crippen LogP) is 2.01. The Morgan fingerprint density at radius 1 is 1.10 bits per heavy atom. The summed E-state index contributed by atoms with van der Waals surface area (Å²) < 4.78 is 5.15. The molecule has 0 fully saturated rings. The Kier molecular flexibility index (Phi) is 5.75. The average Bonchev–Trinajstić information content (AvgIpc) is 2.55. The summed E-state index contributed by atoms with van der Waals surface area (Å²) in [7, 11) is 1.61. The number of hydrogen-bond donors (Lipinski definition) is 3. The molecule has 4 nitrogen and oxygen atoms in total. The lowest BCUT2D eigenvalue weighted by Gasteiger charge is -2.13. The third-order valence-corrected chi connectivity index (χ3v) is 3.35. The van der Waals surface area contributed by atoms with Crippen molar-refractivity contribution >= 4 is 0 Å². The summed E-state index contributed by atoms with van der Waals surface area (Å²) >= 11 is 0. The van der Waals surface area contributed by atoms with Crippen LogP contribution >= 0.6 is 0 Å². The molecule has 0 heterocycles. The van der Waals surface area contributed by atoms with Crippen molar-refractivity contribution in [3.05, 3.63) is 65.2 Å². The van der Waals surface area contributed by atoms with Crippen LogP contribution in [0.1, 0.15) is 22.8 Å². The Labute approximate surface area is 125 Å². The molecule has 2 aromatic rings. The maximum atomic E-state index is 10.1. The standard InChI is InChI=1S/C17H21NO3/c1-21-16-4-2-3-15(9-16)17(20)11-18-10-13-5-7-14(12-19)8-6-13/h2-9,17-20H,10-12H2,1H3. The minimum atomic E-state index is -0.572. The van der Waals surface area contributed by atoms with Gasteiger partial charge < -0.3 is 20.3 Å². The maximum absolute atomic E-state index is 10.1. The molecule has 21 heavy (non-hydrogen) atoms. The molecule has 2 aromatic carbocycles. The quantitative estimate of drug-likeness (QED) is 0.729. The first-order valence-corrected chi connectivity index (χ1v) is 6.94. The number of aliphatic hydroxyl groups excluding tert-OH is 2. The van der Waals surface area contributed by atoms with E-state index in [1.165, 1.54) is 0 Å². The van der Waals surface area contributed by atoms with E-state index < -0.39 is 6.10 Å². The van der Waals surface area contributed by atoms with Crippen LogP contribution in [0.5, 0.6) is 5.75 Å². The SMILES string of the molecule is COc1cccc(C(O)CNCc2ccc(CO)cc2)c1. The monoisotopic (exact) mass is 287 g/mol. The summed E-state index contributed by atoms with van der Waals surface area (Å²) in [6, 6.07) is 15.2. The number of hydrogen-bond acceptors (Lipinski definition) is 4. The van der Waals surface area contributed by atoms with Crippen molar-refractivity contribution in [2.24, 2.45) is 0 Å². The fourth-order valence-electron chi connectivity index (χ4n) is 2.08. The van der Waals surface area contributed by atoms with Crippen molar-refractivity contribution in [3.8, 4) is 5.75 Å². The van der Waals surface area contributed by atoms with Gasteiger partial charge in [0.2, 0.25) is 0 Å². The first kappa shape index (κ1) is 15.5. The molecule has 0 spiro atoms. The Morgan fingerprint density at radius 2 is 1.81 bits per heavy atom. The fraction of sp³-hybridized carbons (Fsp3) is 0.294. The number of rotatable bonds is 7. The van der Waals surface area contributed by atoms with E-state index in [1.807, 2.05) is 48.5 Å². The first-order valence-electron chi connectivity index (χ1n) is 6.94. The number of aliphatic hydroxyl groups is 2. The van der Waals surface area contributed by atoms with Gasteiger partial charge in [-0.15, -0.1) is 0 Å². The highest BCUT2D eigenvalue weighted by atomic mass is 16.5. The van der Waals surface area contributed by atoms with Crippen LogP contribution in [-0.4, -0.2) is 23.9 Å². The number of nitrogens with one attached hydrogen (secondary N) is 1. The van der Waals surface area contributed by atoms with Crippen molar-refractivity contribution in [1.29, 1.82) is 0 Å². The first-order chi connectivity index (χ1) is 10.2. The minimum absolute atomic E-state index is 0.0578. The van der Waals surface area contributed by atoms with E-state index >= 15 is 0 Å². The molecule has 0 bridgehead atoms. The summed E-state index contributed by atoms with van der Waals surface area (Å²) in [5, 5.41) is 22.4. The van der Waals surface area contributed by atoms with Crippen molar-refractivity contribution < 1.29 is 14.9 Å². The van der Waals surface area contributed by atoms with Gasteiger partial charge in [-0.1, -0.05) is 36.4 Å². The molecular weight excluding hydrogens is 266 g/mol. The van der Waals surface area contributed by atoms with Gasteiger partial charge >= 0.3 is 0 Å². The normalized spacial score (nSPS) is 12.1. The molecule has 112 valence electrons. The molecule has 0 aliphatic heterocycles. The molecule has 4 heteroatoms. The second kappa shape index (κ2) is 7.78. The number of benzene rings is 2. The Bertz CT molecular complexity index is 554. The topological polar surface area (TPSA) is 61.7 Å². The van der Waals surface area contributed by atoms with Crippen LogP contribution in [0.3, 0.4) is 0 Å². The van der Waals surface area contributed by atoms with E-state index in [1.54, 1.807) is 7.11 Å². The molecule has 0 aromatic heterocycles. The van der Waals surface area contributed by atoms with Crippen LogP contribution in [0.25, 0.3) is 0 Å². The third-order valence-electron chi connectivity index (χ3n) is 3.35. The lowest BCUT2D eigenvalue weighted by atomic mass is 10.1. The smallest absolute Gasteiger partial charge is 0.119 e. The van der Waals surface area contributed by atoms with Gasteiger partial charge in [0.1, 0.15) is 5.75 Å². The number of methoxy groups -OCH3 is 1. The summed E-state index contributed by atoms with van der Waals surface area (Å²) in [5.74, 6) is 0.742. The van der Waals surface area contributed by atoms with Gasteiger partial charge in [0.05, 0.1) is 19.8 Å². The fourth-order valence-corrected chi connectivity index (χ4v) is 2.08. The highest BCUT2D eigenvalue weighted by Gasteiger charge is 2.07. The second-order valence-electron chi connectivity index (χ2n) is 4.90. The second-order valence-corrected chi connectivity index (χ2v) is 4.90. The summed E-state index contributed by atoms with van der Waals surface area (Å²) in [4.78, 5) is 0. The van der Waals surface area contributed by atoms with Crippen molar-refractivity contribution in [3.63, 3.8) is 0 Å². The number of ether oxygens (including phenoxy) is 1. The summed E-state index contributed by atoms with van der Waals surface area (Å²) in [6.45, 7) is 1.20. The van der Waals surface area contributed by atoms with Crippen molar-refractivity contribution in [2.75, 3.05) is 13.7 Å². The van der Waals surface area contributed by atoms with Crippen LogP contribution in [0, 0.1) is 0 Å². The summed E-state index contributed by atoms with van der Waals surface area (Å²) in [5.41, 5.74) is 2.85. The van der Waals surface area contributed by atoms with E-state index in [9.17, 15) is 5.11 Å². The largest absolute Gasteiger partial charge is 0.497 e. The molecule has 0 aliphatic carbocycles. The predicted molar refractivity (Wildman–Crippen MR) is 82.0 cm³/mol. The molecule has 0 saturated carbocycles. The maximum Gasteiger partial charge on any atom is 0.119 e. The highest BCUT2D eigenvalue weighted by Crippen LogP contribution is 2.18. The van der Waals surface area contributed by atoms with Gasteiger partial charge in [0, 0.05) is 13.1 Å². The van der Waals surface area contributed by atoms with Crippen LogP contribution in [0.4, 0.5) is 0 Å². The van der Waals surface area contributed by atoms with Gasteiger partial charge in [0.25, 0.3) is 0 Å². The van der Waals surface area contributed by atoms with Gasteiger partial charge in [-0.05, 0) is 28.8 Å². The lowest BCUT2D eigenvalue weighted by molar-refractivity contribution is 0.174. The van der Waals surface area contributed by atoms with E-state index in [4.69, 9.17) is 9.84 Å². The molecule has 0 radical (unpaired) electrons. The van der Waals surface area contributed by atoms with Gasteiger partial charge in [-0.3, -0.25) is 0 Å². The van der Waals surface area contributed by atoms with Crippen molar-refractivity contribution in [1.82, 2.24) is 5.32 Å². The molecular formula is C17H21NO3. The van der Waals surface area contributed by atoms with E-state index in [-0.39, 0.29) is 6.61 Å². The minimum Gasteiger partial charge on any atom is -0.497 e.